The van der Waals surface area contributed by atoms with Crippen molar-refractivity contribution in [2.75, 3.05) is 28.4 Å². The number of benzene rings is 1. The second kappa shape index (κ2) is 9.45. The summed E-state index contributed by atoms with van der Waals surface area (Å²) in [5.41, 5.74) is 3.45. The van der Waals surface area contributed by atoms with E-state index in [9.17, 15) is 14.4 Å². The van der Waals surface area contributed by atoms with E-state index < -0.39 is 23.8 Å². The second-order valence-electron chi connectivity index (χ2n) is 6.66. The highest BCUT2D eigenvalue weighted by molar-refractivity contribution is 5.98. The van der Waals surface area contributed by atoms with E-state index in [1.54, 1.807) is 14.0 Å². The number of rotatable bonds is 8. The number of ether oxygens (including phenoxy) is 5. The zero-order valence-corrected chi connectivity index (χ0v) is 17.5. The Bertz CT molecular complexity index is 837. The molecule has 1 aliphatic heterocycles. The molecule has 158 valence electrons. The van der Waals surface area contributed by atoms with Crippen molar-refractivity contribution in [2.24, 2.45) is 5.92 Å². The van der Waals surface area contributed by atoms with Crippen LogP contribution in [-0.2, 0) is 36.8 Å². The summed E-state index contributed by atoms with van der Waals surface area (Å²) >= 11 is 0. The van der Waals surface area contributed by atoms with Gasteiger partial charge in [-0.05, 0) is 32.3 Å². The monoisotopic (exact) mass is 406 g/mol. The van der Waals surface area contributed by atoms with Crippen LogP contribution in [0.1, 0.15) is 40.4 Å². The van der Waals surface area contributed by atoms with Crippen LogP contribution in [0.3, 0.4) is 0 Å². The number of carbonyl (C=O) groups excluding carboxylic acids is 3. The molecule has 0 saturated carbocycles. The number of carbonyl (C=O) groups is 3. The van der Waals surface area contributed by atoms with E-state index in [0.717, 1.165) is 16.7 Å². The molecule has 1 aromatic carbocycles. The number of hydrogen-bond acceptors (Lipinski definition) is 8. The van der Waals surface area contributed by atoms with Crippen LogP contribution in [0.25, 0.3) is 0 Å². The lowest BCUT2D eigenvalue weighted by atomic mass is 9.93. The molecule has 8 nitrogen and oxygen atoms in total. The standard InChI is InChI=1S/C21H26O8/c1-11(9-14(19(22)27-5)20(23)28-6)7-8-13-17(25-3)12(2)15-10-29-21(24)16(15)18(13)26-4/h7,14H,8-10H2,1-6H3/b11-7+. The predicted octanol–water partition coefficient (Wildman–Crippen LogP) is 2.52. The Balaban J connectivity index is 2.39. The first-order valence-electron chi connectivity index (χ1n) is 9.05. The van der Waals surface area contributed by atoms with Crippen molar-refractivity contribution < 1.29 is 38.1 Å². The van der Waals surface area contributed by atoms with Crippen molar-refractivity contribution in [3.8, 4) is 11.5 Å². The minimum atomic E-state index is -1.04. The molecule has 0 aromatic heterocycles. The number of cyclic esters (lactones) is 1. The van der Waals surface area contributed by atoms with Crippen molar-refractivity contribution in [3.05, 3.63) is 33.9 Å². The molecule has 1 aromatic rings. The lowest BCUT2D eigenvalue weighted by Gasteiger charge is -2.18. The fraction of sp³-hybridized carbons (Fsp3) is 0.476. The van der Waals surface area contributed by atoms with Gasteiger partial charge in [0.25, 0.3) is 0 Å². The molecule has 0 atom stereocenters. The molecule has 0 N–H and O–H groups in total. The Labute approximate surface area is 169 Å². The maximum absolute atomic E-state index is 12.2. The van der Waals surface area contributed by atoms with Gasteiger partial charge >= 0.3 is 17.9 Å². The second-order valence-corrected chi connectivity index (χ2v) is 6.66. The van der Waals surface area contributed by atoms with Crippen molar-refractivity contribution in [1.29, 1.82) is 0 Å². The Morgan fingerprint density at radius 2 is 1.66 bits per heavy atom. The number of methoxy groups -OCH3 is 4. The van der Waals surface area contributed by atoms with Crippen LogP contribution in [0.2, 0.25) is 0 Å². The zero-order chi connectivity index (χ0) is 21.7. The van der Waals surface area contributed by atoms with E-state index >= 15 is 0 Å². The lowest BCUT2D eigenvalue weighted by molar-refractivity contribution is -0.158. The van der Waals surface area contributed by atoms with Crippen LogP contribution >= 0.6 is 0 Å². The van der Waals surface area contributed by atoms with Crippen LogP contribution in [0.15, 0.2) is 11.6 Å². The molecule has 0 fully saturated rings. The van der Waals surface area contributed by atoms with Gasteiger partial charge in [0.15, 0.2) is 5.92 Å². The van der Waals surface area contributed by atoms with E-state index in [0.29, 0.717) is 29.0 Å². The third kappa shape index (κ3) is 4.36. The van der Waals surface area contributed by atoms with Gasteiger partial charge in [-0.25, -0.2) is 4.79 Å². The van der Waals surface area contributed by atoms with Gasteiger partial charge in [-0.3, -0.25) is 9.59 Å². The molecule has 0 amide bonds. The maximum Gasteiger partial charge on any atom is 0.342 e. The minimum absolute atomic E-state index is 0.149. The van der Waals surface area contributed by atoms with E-state index in [4.69, 9.17) is 23.7 Å². The summed E-state index contributed by atoms with van der Waals surface area (Å²) in [5.74, 6) is -1.76. The Kier molecular flexibility index (Phi) is 7.25. The van der Waals surface area contributed by atoms with Gasteiger partial charge < -0.3 is 23.7 Å². The third-order valence-electron chi connectivity index (χ3n) is 4.98. The Morgan fingerprint density at radius 1 is 1.07 bits per heavy atom. The molecule has 0 spiro atoms. The zero-order valence-electron chi connectivity index (χ0n) is 17.5. The molecule has 0 unspecified atom stereocenters. The molecule has 1 heterocycles. The quantitative estimate of drug-likeness (QED) is 0.281. The summed E-state index contributed by atoms with van der Waals surface area (Å²) in [7, 11) is 5.48. The molecule has 0 radical (unpaired) electrons. The van der Waals surface area contributed by atoms with Crippen molar-refractivity contribution >= 4 is 17.9 Å². The van der Waals surface area contributed by atoms with Gasteiger partial charge in [-0.2, -0.15) is 0 Å². The van der Waals surface area contributed by atoms with Crippen LogP contribution in [0.4, 0.5) is 0 Å². The van der Waals surface area contributed by atoms with E-state index in [2.05, 4.69) is 0 Å². The summed E-state index contributed by atoms with van der Waals surface area (Å²) in [6, 6.07) is 0. The number of hydrogen-bond donors (Lipinski definition) is 0. The van der Waals surface area contributed by atoms with Gasteiger partial charge in [0.05, 0.1) is 28.4 Å². The fourth-order valence-corrected chi connectivity index (χ4v) is 3.46. The summed E-state index contributed by atoms with van der Waals surface area (Å²) in [5, 5.41) is 0. The predicted molar refractivity (Wildman–Crippen MR) is 103 cm³/mol. The Hall–Kier alpha value is -3.03. The first-order valence-corrected chi connectivity index (χ1v) is 9.05. The maximum atomic E-state index is 12.2. The van der Waals surface area contributed by atoms with Crippen LogP contribution < -0.4 is 9.47 Å². The van der Waals surface area contributed by atoms with Gasteiger partial charge in [-0.1, -0.05) is 11.6 Å². The summed E-state index contributed by atoms with van der Waals surface area (Å²) < 4.78 is 25.6. The molecular weight excluding hydrogens is 380 g/mol. The first kappa shape index (κ1) is 22.3. The molecule has 0 bridgehead atoms. The first-order chi connectivity index (χ1) is 13.8. The van der Waals surface area contributed by atoms with Crippen molar-refractivity contribution in [1.82, 2.24) is 0 Å². The molecule has 29 heavy (non-hydrogen) atoms. The molecule has 0 aliphatic carbocycles. The summed E-state index contributed by atoms with van der Waals surface area (Å²) in [4.78, 5) is 36.0. The highest BCUT2D eigenvalue weighted by Gasteiger charge is 2.33. The lowest BCUT2D eigenvalue weighted by Crippen LogP contribution is -2.26. The van der Waals surface area contributed by atoms with E-state index in [-0.39, 0.29) is 13.0 Å². The Morgan fingerprint density at radius 3 is 2.17 bits per heavy atom. The molecule has 0 saturated heterocycles. The van der Waals surface area contributed by atoms with Crippen LogP contribution in [0.5, 0.6) is 11.5 Å². The van der Waals surface area contributed by atoms with Crippen LogP contribution in [0, 0.1) is 12.8 Å². The van der Waals surface area contributed by atoms with Crippen molar-refractivity contribution in [3.63, 3.8) is 0 Å². The van der Waals surface area contributed by atoms with E-state index in [1.807, 2.05) is 13.0 Å². The van der Waals surface area contributed by atoms with Crippen molar-refractivity contribution in [2.45, 2.75) is 33.3 Å². The molecule has 2 rings (SSSR count). The summed E-state index contributed by atoms with van der Waals surface area (Å²) in [6.45, 7) is 3.85. The van der Waals surface area contributed by atoms with E-state index in [1.165, 1.54) is 21.3 Å². The average Bonchev–Trinajstić information content (AvgIpc) is 3.11. The number of fused-ring (bicyclic) bond motifs is 1. The molecule has 1 aliphatic rings. The van der Waals surface area contributed by atoms with Gasteiger partial charge in [0, 0.05) is 11.1 Å². The van der Waals surface area contributed by atoms with Crippen LogP contribution in [-0.4, -0.2) is 46.3 Å². The number of allylic oxidation sites excluding steroid dienone is 2. The highest BCUT2D eigenvalue weighted by atomic mass is 16.5. The average molecular weight is 406 g/mol. The molecular formula is C21H26O8. The van der Waals surface area contributed by atoms with Gasteiger partial charge in [0.2, 0.25) is 0 Å². The SMILES string of the molecule is COC(=O)C(C/C(C)=C/Cc1c(OC)c(C)c2c(c1OC)C(=O)OC2)C(=O)OC. The number of esters is 3. The third-order valence-corrected chi connectivity index (χ3v) is 4.98. The smallest absolute Gasteiger partial charge is 0.342 e. The largest absolute Gasteiger partial charge is 0.496 e. The summed E-state index contributed by atoms with van der Waals surface area (Å²) in [6.07, 6.45) is 2.37. The molecule has 8 heteroatoms. The van der Waals surface area contributed by atoms with Gasteiger partial charge in [0.1, 0.15) is 23.7 Å². The van der Waals surface area contributed by atoms with Gasteiger partial charge in [-0.15, -0.1) is 0 Å². The fourth-order valence-electron chi connectivity index (χ4n) is 3.46. The highest BCUT2D eigenvalue weighted by Crippen LogP contribution is 2.42. The normalized spacial score (nSPS) is 13.1. The minimum Gasteiger partial charge on any atom is -0.496 e. The topological polar surface area (TPSA) is 97.4 Å².